The van der Waals surface area contributed by atoms with Crippen molar-refractivity contribution < 1.29 is 17.9 Å². The van der Waals surface area contributed by atoms with E-state index < -0.39 is 10.0 Å². The highest BCUT2D eigenvalue weighted by Gasteiger charge is 2.23. The highest BCUT2D eigenvalue weighted by molar-refractivity contribution is 7.92. The maximum Gasteiger partial charge on any atom is 0.264 e. The minimum atomic E-state index is -4.10. The number of hydrogen-bond acceptors (Lipinski definition) is 7. The maximum atomic E-state index is 13.4. The van der Waals surface area contributed by atoms with E-state index in [9.17, 15) is 13.2 Å². The van der Waals surface area contributed by atoms with Crippen molar-refractivity contribution in [1.29, 1.82) is 0 Å². The Morgan fingerprint density at radius 2 is 1.76 bits per heavy atom. The number of aromatic nitrogens is 3. The van der Waals surface area contributed by atoms with E-state index in [4.69, 9.17) is 4.74 Å². The quantitative estimate of drug-likeness (QED) is 0.419. The number of nitrogens with zero attached hydrogens (tertiary/aromatic N) is 4. The lowest BCUT2D eigenvalue weighted by Gasteiger charge is -2.23. The van der Waals surface area contributed by atoms with Crippen molar-refractivity contribution in [3.05, 3.63) is 95.3 Å². The first-order valence-corrected chi connectivity index (χ1v) is 13.7. The molecule has 1 N–H and O–H groups in total. The largest absolute Gasteiger partial charge is 0.477 e. The summed E-state index contributed by atoms with van der Waals surface area (Å²) in [6, 6.07) is 19.1. The first-order valence-electron chi connectivity index (χ1n) is 12.2. The molecule has 3 heterocycles. The number of amides is 1. The summed E-state index contributed by atoms with van der Waals surface area (Å²) in [6.07, 6.45) is 2.20. The van der Waals surface area contributed by atoms with Gasteiger partial charge < -0.3 is 9.64 Å². The molecule has 1 aliphatic heterocycles. The van der Waals surface area contributed by atoms with Gasteiger partial charge in [-0.15, -0.1) is 0 Å². The molecular formula is C28H27N5O4S. The van der Waals surface area contributed by atoms with Crippen LogP contribution in [0.2, 0.25) is 0 Å². The third-order valence-corrected chi connectivity index (χ3v) is 7.57. The summed E-state index contributed by atoms with van der Waals surface area (Å²) >= 11 is 0. The summed E-state index contributed by atoms with van der Waals surface area (Å²) in [5.41, 5.74) is 4.41. The topological polar surface area (TPSA) is 114 Å². The van der Waals surface area contributed by atoms with Gasteiger partial charge in [0.15, 0.2) is 0 Å². The summed E-state index contributed by atoms with van der Waals surface area (Å²) in [6.45, 7) is 4.87. The molecule has 38 heavy (non-hydrogen) atoms. The van der Waals surface area contributed by atoms with Gasteiger partial charge in [-0.3, -0.25) is 9.78 Å². The number of fused-ring (bicyclic) bond motifs is 4. The van der Waals surface area contributed by atoms with Crippen LogP contribution in [-0.2, 0) is 16.6 Å². The smallest absolute Gasteiger partial charge is 0.264 e. The Bertz CT molecular complexity index is 1570. The molecule has 0 saturated carbocycles. The van der Waals surface area contributed by atoms with Crippen LogP contribution < -0.4 is 9.46 Å². The van der Waals surface area contributed by atoms with Crippen LogP contribution >= 0.6 is 0 Å². The molecule has 5 rings (SSSR count). The molecule has 0 unspecified atom stereocenters. The van der Waals surface area contributed by atoms with Crippen LogP contribution in [0.3, 0.4) is 0 Å². The van der Waals surface area contributed by atoms with Gasteiger partial charge in [-0.25, -0.2) is 18.1 Å². The van der Waals surface area contributed by atoms with Crippen LogP contribution in [0.25, 0.3) is 11.3 Å². The van der Waals surface area contributed by atoms with E-state index in [-0.39, 0.29) is 41.3 Å². The summed E-state index contributed by atoms with van der Waals surface area (Å²) in [5, 5.41) is 0. The molecule has 0 radical (unpaired) electrons. The maximum absolute atomic E-state index is 13.4. The molecule has 2 aromatic carbocycles. The van der Waals surface area contributed by atoms with Gasteiger partial charge >= 0.3 is 0 Å². The SMILES string of the molecule is Cc1cccc(C)c1-c1cc2nc(n1)NS(=O)(=O)c1cccc(c1)C(=O)N(Cc1ccccn1)CCCO2. The molecule has 9 nitrogen and oxygen atoms in total. The number of benzene rings is 2. The zero-order chi connectivity index (χ0) is 26.7. The number of nitrogens with one attached hydrogen (secondary N) is 1. The number of pyridine rings is 1. The van der Waals surface area contributed by atoms with E-state index >= 15 is 0 Å². The second kappa shape index (κ2) is 10.6. The average molecular weight is 530 g/mol. The Kier molecular flexibility index (Phi) is 7.06. The lowest BCUT2D eigenvalue weighted by Crippen LogP contribution is -2.33. The number of aryl methyl sites for hydroxylation is 2. The van der Waals surface area contributed by atoms with E-state index in [1.54, 1.807) is 29.3 Å². The van der Waals surface area contributed by atoms with Crippen molar-refractivity contribution in [3.63, 3.8) is 0 Å². The lowest BCUT2D eigenvalue weighted by molar-refractivity contribution is 0.0731. The first kappa shape index (κ1) is 25.3. The highest BCUT2D eigenvalue weighted by atomic mass is 32.2. The number of anilines is 1. The molecule has 10 heteroatoms. The molecule has 1 amide bonds. The number of rotatable bonds is 3. The molecule has 4 bridgehead atoms. The van der Waals surface area contributed by atoms with Gasteiger partial charge in [-0.05, 0) is 61.7 Å². The zero-order valence-corrected chi connectivity index (χ0v) is 21.9. The van der Waals surface area contributed by atoms with Crippen LogP contribution in [0.4, 0.5) is 5.95 Å². The van der Waals surface area contributed by atoms with E-state index in [1.807, 2.05) is 50.2 Å². The van der Waals surface area contributed by atoms with Crippen LogP contribution in [0, 0.1) is 13.8 Å². The van der Waals surface area contributed by atoms with Crippen molar-refractivity contribution in [1.82, 2.24) is 19.9 Å². The Morgan fingerprint density at radius 1 is 0.974 bits per heavy atom. The minimum Gasteiger partial charge on any atom is -0.477 e. The number of carbonyl (C=O) groups excluding carboxylic acids is 1. The summed E-state index contributed by atoms with van der Waals surface area (Å²) in [5.74, 6) is -0.161. The predicted octanol–water partition coefficient (Wildman–Crippen LogP) is 4.38. The van der Waals surface area contributed by atoms with Crippen molar-refractivity contribution in [2.24, 2.45) is 0 Å². The normalized spacial score (nSPS) is 15.2. The fraction of sp³-hybridized carbons (Fsp3) is 0.214. The highest BCUT2D eigenvalue weighted by Crippen LogP contribution is 2.29. The van der Waals surface area contributed by atoms with Crippen molar-refractivity contribution in [2.75, 3.05) is 17.9 Å². The number of carbonyl (C=O) groups is 1. The molecule has 0 fully saturated rings. The molecule has 194 valence electrons. The van der Waals surface area contributed by atoms with Crippen LogP contribution in [-0.4, -0.2) is 47.3 Å². The molecule has 0 aliphatic carbocycles. The predicted molar refractivity (Wildman–Crippen MR) is 143 cm³/mol. The molecule has 0 spiro atoms. The van der Waals surface area contributed by atoms with Gasteiger partial charge in [0.25, 0.3) is 15.9 Å². The second-order valence-corrected chi connectivity index (χ2v) is 10.7. The molecule has 2 aromatic heterocycles. The van der Waals surface area contributed by atoms with E-state index in [0.29, 0.717) is 18.7 Å². The Morgan fingerprint density at radius 3 is 2.53 bits per heavy atom. The molecule has 0 saturated heterocycles. The number of ether oxygens (including phenoxy) is 1. The molecule has 0 atom stereocenters. The fourth-order valence-corrected chi connectivity index (χ4v) is 5.41. The molecule has 4 aromatic rings. The Hall–Kier alpha value is -4.31. The van der Waals surface area contributed by atoms with Crippen LogP contribution in [0.5, 0.6) is 5.88 Å². The molecular weight excluding hydrogens is 502 g/mol. The monoisotopic (exact) mass is 529 g/mol. The van der Waals surface area contributed by atoms with E-state index in [0.717, 1.165) is 22.4 Å². The third-order valence-electron chi connectivity index (χ3n) is 6.25. The summed E-state index contributed by atoms with van der Waals surface area (Å²) < 4.78 is 35.1. The number of sulfonamides is 1. The van der Waals surface area contributed by atoms with E-state index in [1.165, 1.54) is 12.1 Å². The fourth-order valence-electron chi connectivity index (χ4n) is 4.42. The third kappa shape index (κ3) is 5.50. The van der Waals surface area contributed by atoms with Gasteiger partial charge in [-0.2, -0.15) is 4.98 Å². The number of hydrogen-bond donors (Lipinski definition) is 1. The molecule has 1 aliphatic rings. The van der Waals surface area contributed by atoms with Gasteiger partial charge in [0.2, 0.25) is 11.8 Å². The van der Waals surface area contributed by atoms with Gasteiger partial charge in [0, 0.05) is 29.9 Å². The van der Waals surface area contributed by atoms with Gasteiger partial charge in [0.1, 0.15) is 0 Å². The van der Waals surface area contributed by atoms with Crippen molar-refractivity contribution in [3.8, 4) is 17.1 Å². The second-order valence-electron chi connectivity index (χ2n) is 9.06. The standard InChI is InChI=1S/C28H27N5O4S/c1-19-8-5-9-20(2)26(19)24-17-25-31-28(30-24)32-38(35,36)23-12-6-10-21(16-23)27(34)33(14-7-15-37-25)18-22-11-3-4-13-29-22/h3-6,8-13,16-17H,7,14-15,18H2,1-2H3,(H,30,31,32). The average Bonchev–Trinajstić information content (AvgIpc) is 2.90. The lowest BCUT2D eigenvalue weighted by atomic mass is 10.00. The summed E-state index contributed by atoms with van der Waals surface area (Å²) in [4.78, 5) is 28.2. The van der Waals surface area contributed by atoms with Crippen molar-refractivity contribution in [2.45, 2.75) is 31.7 Å². The summed E-state index contributed by atoms with van der Waals surface area (Å²) in [7, 11) is -4.10. The Balaban J connectivity index is 1.56. The Labute approximate surface area is 221 Å². The first-order chi connectivity index (χ1) is 18.3. The van der Waals surface area contributed by atoms with Crippen molar-refractivity contribution >= 4 is 21.9 Å². The van der Waals surface area contributed by atoms with Gasteiger partial charge in [-0.1, -0.05) is 30.3 Å². The van der Waals surface area contributed by atoms with Crippen LogP contribution in [0.1, 0.15) is 33.6 Å². The van der Waals surface area contributed by atoms with E-state index in [2.05, 4.69) is 19.7 Å². The van der Waals surface area contributed by atoms with Gasteiger partial charge in [0.05, 0.1) is 29.4 Å². The minimum absolute atomic E-state index is 0.0678. The van der Waals surface area contributed by atoms with Crippen LogP contribution in [0.15, 0.2) is 77.8 Å². The zero-order valence-electron chi connectivity index (χ0n) is 21.1.